The van der Waals surface area contributed by atoms with E-state index in [4.69, 9.17) is 0 Å². The van der Waals surface area contributed by atoms with Gasteiger partial charge in [-0.2, -0.15) is 0 Å². The molecule has 2 atom stereocenters. The van der Waals surface area contributed by atoms with E-state index < -0.39 is 5.54 Å². The number of hydrogen-bond donors (Lipinski definition) is 0. The van der Waals surface area contributed by atoms with Crippen molar-refractivity contribution in [1.29, 1.82) is 0 Å². The fourth-order valence-electron chi connectivity index (χ4n) is 14.2. The fourth-order valence-corrected chi connectivity index (χ4v) is 14.2. The summed E-state index contributed by atoms with van der Waals surface area (Å²) in [6.45, 7) is 16.5. The molecule has 2 unspecified atom stereocenters. The maximum absolute atomic E-state index is 2.79. The number of anilines is 8. The Kier molecular flexibility index (Phi) is 10.6. The lowest BCUT2D eigenvalue weighted by atomic mass is 9.33. The molecule has 0 bridgehead atoms. The maximum atomic E-state index is 2.79. The predicted octanol–water partition coefficient (Wildman–Crippen LogP) is 16.7. The molecule has 77 heavy (non-hydrogen) atoms. The number of para-hydroxylation sites is 3. The van der Waals surface area contributed by atoms with Gasteiger partial charge in [-0.15, -0.1) is 0 Å². The minimum absolute atomic E-state index is 0.0385. The van der Waals surface area contributed by atoms with Crippen molar-refractivity contribution in [2.75, 3.05) is 14.7 Å². The van der Waals surface area contributed by atoms with Gasteiger partial charge in [0.2, 0.25) is 0 Å². The molecule has 0 amide bonds. The Labute approximate surface area is 456 Å². The van der Waals surface area contributed by atoms with Crippen LogP contribution in [0.15, 0.2) is 237 Å². The monoisotopic (exact) mass is 994 g/mol. The smallest absolute Gasteiger partial charge is 0.252 e. The topological polar surface area (TPSA) is 9.72 Å². The summed E-state index contributed by atoms with van der Waals surface area (Å²) >= 11 is 0. The van der Waals surface area contributed by atoms with Crippen molar-refractivity contribution in [2.24, 2.45) is 0 Å². The highest BCUT2D eigenvalue weighted by atomic mass is 15.3. The van der Waals surface area contributed by atoms with Gasteiger partial charge < -0.3 is 14.7 Å². The maximum Gasteiger partial charge on any atom is 0.252 e. The molecule has 0 saturated heterocycles. The van der Waals surface area contributed by atoms with E-state index in [1.54, 1.807) is 0 Å². The Balaban J connectivity index is 1.13. The van der Waals surface area contributed by atoms with Crippen LogP contribution < -0.4 is 31.1 Å². The fraction of sp³-hybridized carbons (Fsp3) is 0.178. The largest absolute Gasteiger partial charge is 0.334 e. The summed E-state index contributed by atoms with van der Waals surface area (Å²) in [4.78, 5) is 8.07. The van der Waals surface area contributed by atoms with Crippen LogP contribution in [0.5, 0.6) is 0 Å². The number of benzene rings is 10. The second-order valence-corrected chi connectivity index (χ2v) is 24.3. The highest BCUT2D eigenvalue weighted by Gasteiger charge is 2.62. The third-order valence-electron chi connectivity index (χ3n) is 17.9. The highest BCUT2D eigenvalue weighted by molar-refractivity contribution is 7.00. The molecule has 14 rings (SSSR count). The number of nitrogens with zero attached hydrogens (tertiary/aromatic N) is 3. The first kappa shape index (κ1) is 47.1. The van der Waals surface area contributed by atoms with Gasteiger partial charge in [-0.05, 0) is 146 Å². The van der Waals surface area contributed by atoms with Gasteiger partial charge in [0.05, 0.1) is 16.9 Å². The molecular formula is C73H64BN3. The van der Waals surface area contributed by atoms with E-state index in [9.17, 15) is 0 Å². The quantitative estimate of drug-likeness (QED) is 0.154. The van der Waals surface area contributed by atoms with Crippen molar-refractivity contribution in [3.8, 4) is 22.3 Å². The molecule has 4 aliphatic rings. The van der Waals surface area contributed by atoms with E-state index in [1.165, 1.54) is 106 Å². The van der Waals surface area contributed by atoms with Crippen molar-refractivity contribution < 1.29 is 0 Å². The van der Waals surface area contributed by atoms with E-state index in [0.717, 1.165) is 24.2 Å². The Hall–Kier alpha value is -8.34. The van der Waals surface area contributed by atoms with Crippen LogP contribution in [0, 0.1) is 0 Å². The van der Waals surface area contributed by atoms with Crippen LogP contribution in [0.1, 0.15) is 81.8 Å². The molecule has 374 valence electrons. The van der Waals surface area contributed by atoms with E-state index in [-0.39, 0.29) is 23.0 Å². The van der Waals surface area contributed by atoms with Crippen LogP contribution in [0.4, 0.5) is 45.5 Å². The van der Waals surface area contributed by atoms with Crippen LogP contribution in [0.3, 0.4) is 0 Å². The molecule has 10 aromatic carbocycles. The third kappa shape index (κ3) is 7.10. The van der Waals surface area contributed by atoms with Gasteiger partial charge in [0.25, 0.3) is 6.71 Å². The van der Waals surface area contributed by atoms with E-state index in [1.807, 2.05) is 0 Å². The van der Waals surface area contributed by atoms with E-state index in [0.29, 0.717) is 0 Å². The Morgan fingerprint density at radius 1 is 0.390 bits per heavy atom. The van der Waals surface area contributed by atoms with Gasteiger partial charge >= 0.3 is 0 Å². The predicted molar refractivity (Wildman–Crippen MR) is 327 cm³/mol. The van der Waals surface area contributed by atoms with Crippen LogP contribution in [0.2, 0.25) is 0 Å². The minimum Gasteiger partial charge on any atom is -0.334 e. The summed E-state index contributed by atoms with van der Waals surface area (Å²) in [7, 11) is 0. The molecule has 0 N–H and O–H groups in total. The molecule has 3 nitrogen and oxygen atoms in total. The number of fused-ring (bicyclic) bond motifs is 8. The molecule has 1 aliphatic carbocycles. The zero-order valence-electron chi connectivity index (χ0n) is 45.3. The van der Waals surface area contributed by atoms with Gasteiger partial charge in [0, 0.05) is 50.7 Å². The average molecular weight is 994 g/mol. The molecule has 0 radical (unpaired) electrons. The first-order chi connectivity index (χ1) is 37.3. The van der Waals surface area contributed by atoms with Crippen molar-refractivity contribution in [1.82, 2.24) is 0 Å². The van der Waals surface area contributed by atoms with Crippen molar-refractivity contribution >= 4 is 68.6 Å². The van der Waals surface area contributed by atoms with Crippen LogP contribution in [0.25, 0.3) is 22.3 Å². The molecule has 0 spiro atoms. The molecule has 4 heteroatoms. The molecular weight excluding hydrogens is 930 g/mol. The zero-order chi connectivity index (χ0) is 52.4. The highest BCUT2D eigenvalue weighted by Crippen LogP contribution is 2.63. The Morgan fingerprint density at radius 3 is 1.32 bits per heavy atom. The van der Waals surface area contributed by atoms with Crippen LogP contribution >= 0.6 is 0 Å². The standard InChI is InChI=1S/C73H64BN3/c1-70(2,3)54-39-41-62(57(43-54)49-25-11-8-12-26-49)75-65-37-23-20-34-60(65)74-61-35-21-24-38-66(61)76(63-42-40-55(71(4,5)6)44-58(63)50-27-13-9-14-28-50)68-46-56(45-67(75)69(68)74)77-64-36-22-19-33-59(64)73(53-31-15-10-16-32-53)48-52-30-18-17-29-51(52)47-72(73,77)7/h8-46H,47-48H2,1-7H3. The van der Waals surface area contributed by atoms with Crippen molar-refractivity contribution in [3.05, 3.63) is 270 Å². The molecule has 10 aromatic rings. The lowest BCUT2D eigenvalue weighted by Crippen LogP contribution is -2.62. The first-order valence-electron chi connectivity index (χ1n) is 27.7. The molecule has 3 aliphatic heterocycles. The normalized spacial score (nSPS) is 18.0. The molecule has 0 fully saturated rings. The van der Waals surface area contributed by atoms with E-state index >= 15 is 0 Å². The summed E-state index contributed by atoms with van der Waals surface area (Å²) < 4.78 is 0. The summed E-state index contributed by atoms with van der Waals surface area (Å²) in [5.74, 6) is 0. The minimum atomic E-state index is -0.422. The summed E-state index contributed by atoms with van der Waals surface area (Å²) in [6.07, 6.45) is 1.77. The number of rotatable bonds is 6. The summed E-state index contributed by atoms with van der Waals surface area (Å²) in [6, 6.07) is 90.4. The molecule has 0 aromatic heterocycles. The van der Waals surface area contributed by atoms with Gasteiger partial charge in [0.15, 0.2) is 0 Å². The van der Waals surface area contributed by atoms with Gasteiger partial charge in [-0.1, -0.05) is 224 Å². The first-order valence-corrected chi connectivity index (χ1v) is 27.7. The van der Waals surface area contributed by atoms with Crippen molar-refractivity contribution in [3.63, 3.8) is 0 Å². The zero-order valence-corrected chi connectivity index (χ0v) is 45.3. The van der Waals surface area contributed by atoms with Gasteiger partial charge in [0.1, 0.15) is 0 Å². The SMILES string of the molecule is CC(C)(C)c1ccc(N2c3ccccc3B3c4ccccc4N(c4ccc(C(C)(C)C)cc4-c4ccccc4)c4cc(N5c6ccccc6C6(c7ccccc7)Cc7ccccc7CC56C)cc2c43)c(-c2ccccc2)c1. The van der Waals surface area contributed by atoms with Gasteiger partial charge in [-0.3, -0.25) is 0 Å². The lowest BCUT2D eigenvalue weighted by molar-refractivity contribution is 0.281. The molecule has 0 saturated carbocycles. The second-order valence-electron chi connectivity index (χ2n) is 24.3. The second kappa shape index (κ2) is 17.3. The third-order valence-corrected chi connectivity index (χ3v) is 17.9. The Morgan fingerprint density at radius 2 is 0.818 bits per heavy atom. The van der Waals surface area contributed by atoms with Gasteiger partial charge in [-0.25, -0.2) is 0 Å². The van der Waals surface area contributed by atoms with Crippen LogP contribution in [-0.2, 0) is 29.1 Å². The van der Waals surface area contributed by atoms with Crippen molar-refractivity contribution in [2.45, 2.75) is 83.1 Å². The summed E-state index contributed by atoms with van der Waals surface area (Å²) in [5.41, 5.74) is 25.6. The van der Waals surface area contributed by atoms with E-state index in [2.05, 4.69) is 300 Å². The van der Waals surface area contributed by atoms with Crippen LogP contribution in [-0.4, -0.2) is 12.3 Å². The molecule has 3 heterocycles. The Bertz CT molecular complexity index is 3770. The average Bonchev–Trinajstić information content (AvgIpc) is 3.96. The number of hydrogen-bond acceptors (Lipinski definition) is 3. The summed E-state index contributed by atoms with van der Waals surface area (Å²) in [5, 5.41) is 0. The lowest BCUT2D eigenvalue weighted by Gasteiger charge is -2.53.